The minimum Gasteiger partial charge on any atom is -0.445 e. The molecule has 27 heavy (non-hydrogen) atoms. The Bertz CT molecular complexity index is 769. The van der Waals surface area contributed by atoms with Gasteiger partial charge in [0.1, 0.15) is 18.8 Å². The molecule has 146 valence electrons. The van der Waals surface area contributed by atoms with Gasteiger partial charge in [0, 0.05) is 17.8 Å². The number of ether oxygens (including phenoxy) is 1. The number of benzene rings is 2. The van der Waals surface area contributed by atoms with Crippen molar-refractivity contribution in [2.24, 2.45) is 0 Å². The number of nitrogens with one attached hydrogen (secondary N) is 1. The molecule has 0 aliphatic carbocycles. The molecule has 0 fully saturated rings. The number of hydrogen-bond donors (Lipinski definition) is 4. The molecular weight excluding hydrogens is 365 g/mol. The molecule has 0 saturated carbocycles. The topological polar surface area (TPSA) is 105 Å². The molecule has 2 unspecified atom stereocenters. The summed E-state index contributed by atoms with van der Waals surface area (Å²) in [7, 11) is 0. The van der Waals surface area contributed by atoms with Crippen LogP contribution in [0.2, 0.25) is 0 Å². The van der Waals surface area contributed by atoms with E-state index in [0.717, 1.165) is 17.7 Å². The van der Waals surface area contributed by atoms with Gasteiger partial charge in [0.2, 0.25) is 0 Å². The Morgan fingerprint density at radius 3 is 2.44 bits per heavy atom. The van der Waals surface area contributed by atoms with E-state index in [1.807, 2.05) is 0 Å². The molecule has 0 radical (unpaired) electrons. The van der Waals surface area contributed by atoms with Crippen LogP contribution in [0.5, 0.6) is 0 Å². The lowest BCUT2D eigenvalue weighted by atomic mass is 9.99. The summed E-state index contributed by atoms with van der Waals surface area (Å²) in [5.74, 6) is 0. The van der Waals surface area contributed by atoms with Crippen LogP contribution in [0, 0.1) is 0 Å². The second kappa shape index (κ2) is 8.74. The van der Waals surface area contributed by atoms with E-state index in [-0.39, 0.29) is 17.9 Å². The monoisotopic (exact) mass is 384 g/mol. The van der Waals surface area contributed by atoms with Crippen LogP contribution in [0.15, 0.2) is 48.5 Å². The highest BCUT2D eigenvalue weighted by atomic mass is 19.4. The van der Waals surface area contributed by atoms with Gasteiger partial charge in [-0.2, -0.15) is 13.2 Å². The number of alkyl halides is 3. The quantitative estimate of drug-likeness (QED) is 0.573. The number of alkyl carbamates (subject to hydrolysis) is 1. The first-order valence-corrected chi connectivity index (χ1v) is 7.96. The average molecular weight is 384 g/mol. The summed E-state index contributed by atoms with van der Waals surface area (Å²) < 4.78 is 43.3. The summed E-state index contributed by atoms with van der Waals surface area (Å²) in [6.07, 6.45) is -8.77. The Kier molecular flexibility index (Phi) is 6.65. The normalized spacial score (nSPS) is 13.7. The average Bonchev–Trinajstić information content (AvgIpc) is 2.64. The van der Waals surface area contributed by atoms with Gasteiger partial charge in [-0.25, -0.2) is 4.79 Å². The minimum absolute atomic E-state index is 0.00585. The highest BCUT2D eigenvalue weighted by molar-refractivity contribution is 5.67. The minimum atomic E-state index is -4.62. The number of anilines is 1. The molecule has 2 aromatic rings. The molecule has 0 bridgehead atoms. The molecule has 0 heterocycles. The Balaban J connectivity index is 1.91. The summed E-state index contributed by atoms with van der Waals surface area (Å²) in [6, 6.07) is 11.3. The van der Waals surface area contributed by atoms with Crippen molar-refractivity contribution in [3.05, 3.63) is 65.2 Å². The Hall–Kier alpha value is -2.78. The first-order chi connectivity index (χ1) is 12.7. The van der Waals surface area contributed by atoms with E-state index < -0.39 is 36.6 Å². The van der Waals surface area contributed by atoms with E-state index in [4.69, 9.17) is 10.5 Å². The van der Waals surface area contributed by atoms with Gasteiger partial charge in [-0.1, -0.05) is 30.3 Å². The number of aliphatic hydroxyl groups excluding tert-OH is 2. The molecule has 9 heteroatoms. The molecular formula is C18H19F3N2O4. The third kappa shape index (κ3) is 5.87. The summed E-state index contributed by atoms with van der Waals surface area (Å²) in [6.45, 7) is -0.434. The van der Waals surface area contributed by atoms with Crippen molar-refractivity contribution >= 4 is 11.8 Å². The lowest BCUT2D eigenvalue weighted by Crippen LogP contribution is -2.36. The summed E-state index contributed by atoms with van der Waals surface area (Å²) in [5.41, 5.74) is 4.95. The molecule has 2 atom stereocenters. The molecule has 0 saturated heterocycles. The second-order valence-corrected chi connectivity index (χ2v) is 5.80. The zero-order chi connectivity index (χ0) is 20.0. The van der Waals surface area contributed by atoms with Gasteiger partial charge < -0.3 is 26.0 Å². The van der Waals surface area contributed by atoms with Gasteiger partial charge in [-0.3, -0.25) is 0 Å². The molecule has 0 spiro atoms. The van der Waals surface area contributed by atoms with Crippen molar-refractivity contribution in [2.45, 2.75) is 25.0 Å². The molecule has 0 aliphatic heterocycles. The predicted molar refractivity (Wildman–Crippen MR) is 91.5 cm³/mol. The number of nitrogen functional groups attached to an aromatic ring is 1. The fraction of sp³-hybridized carbons (Fsp3) is 0.278. The van der Waals surface area contributed by atoms with E-state index in [2.05, 4.69) is 5.32 Å². The first kappa shape index (κ1) is 20.5. The second-order valence-electron chi connectivity index (χ2n) is 5.80. The maximum absolute atomic E-state index is 12.8. The van der Waals surface area contributed by atoms with Gasteiger partial charge in [0.15, 0.2) is 0 Å². The van der Waals surface area contributed by atoms with Crippen LogP contribution in [0.3, 0.4) is 0 Å². The molecule has 1 amide bonds. The number of halogens is 3. The van der Waals surface area contributed by atoms with Crippen LogP contribution in [0.1, 0.15) is 22.8 Å². The van der Waals surface area contributed by atoms with E-state index >= 15 is 0 Å². The van der Waals surface area contributed by atoms with Gasteiger partial charge in [0.05, 0.1) is 5.56 Å². The van der Waals surface area contributed by atoms with E-state index in [1.165, 1.54) is 0 Å². The molecule has 5 N–H and O–H groups in total. The van der Waals surface area contributed by atoms with Crippen molar-refractivity contribution in [3.8, 4) is 0 Å². The summed E-state index contributed by atoms with van der Waals surface area (Å²) >= 11 is 0. The van der Waals surface area contributed by atoms with Gasteiger partial charge in [-0.05, 0) is 23.8 Å². The van der Waals surface area contributed by atoms with E-state index in [0.29, 0.717) is 6.07 Å². The van der Waals surface area contributed by atoms with Crippen LogP contribution in [0.25, 0.3) is 0 Å². The van der Waals surface area contributed by atoms with Crippen molar-refractivity contribution < 1.29 is 32.9 Å². The Labute approximate surface area is 153 Å². The Morgan fingerprint density at radius 2 is 1.81 bits per heavy atom. The maximum atomic E-state index is 12.8. The molecule has 2 rings (SSSR count). The zero-order valence-corrected chi connectivity index (χ0v) is 14.1. The number of nitrogens with two attached hydrogens (primary N) is 1. The fourth-order valence-corrected chi connectivity index (χ4v) is 2.29. The maximum Gasteiger partial charge on any atom is 0.416 e. The van der Waals surface area contributed by atoms with Crippen molar-refractivity contribution in [1.82, 2.24) is 5.32 Å². The number of aliphatic hydroxyl groups is 2. The number of rotatable bonds is 6. The predicted octanol–water partition coefficient (Wildman–Crippen LogP) is 2.61. The number of hydrogen-bond acceptors (Lipinski definition) is 5. The SMILES string of the molecule is Nc1ccc(C(F)(F)F)cc1C(O)C(O)CNC(=O)OCc1ccccc1. The molecule has 0 aliphatic rings. The number of carbonyl (C=O) groups excluding carboxylic acids is 1. The summed E-state index contributed by atoms with van der Waals surface area (Å²) in [5, 5.41) is 22.3. The van der Waals surface area contributed by atoms with Gasteiger partial charge >= 0.3 is 12.3 Å². The number of amides is 1. The van der Waals surface area contributed by atoms with E-state index in [1.54, 1.807) is 30.3 Å². The van der Waals surface area contributed by atoms with Crippen LogP contribution < -0.4 is 11.1 Å². The van der Waals surface area contributed by atoms with Crippen molar-refractivity contribution in [2.75, 3.05) is 12.3 Å². The zero-order valence-electron chi connectivity index (χ0n) is 14.1. The lowest BCUT2D eigenvalue weighted by Gasteiger charge is -2.21. The largest absolute Gasteiger partial charge is 0.445 e. The third-order valence-electron chi connectivity index (χ3n) is 3.77. The fourth-order valence-electron chi connectivity index (χ4n) is 2.29. The standard InChI is InChI=1S/C18H19F3N2O4/c19-18(20,21)12-6-7-14(22)13(8-12)16(25)15(24)9-23-17(26)27-10-11-4-2-1-3-5-11/h1-8,15-16,24-25H,9-10,22H2,(H,23,26). The lowest BCUT2D eigenvalue weighted by molar-refractivity contribution is -0.137. The van der Waals surface area contributed by atoms with Crippen LogP contribution in [0.4, 0.5) is 23.7 Å². The molecule has 0 aromatic heterocycles. The summed E-state index contributed by atoms with van der Waals surface area (Å²) in [4.78, 5) is 11.6. The molecule has 6 nitrogen and oxygen atoms in total. The smallest absolute Gasteiger partial charge is 0.416 e. The van der Waals surface area contributed by atoms with Crippen LogP contribution in [-0.4, -0.2) is 29.0 Å². The highest BCUT2D eigenvalue weighted by Crippen LogP contribution is 2.33. The van der Waals surface area contributed by atoms with Crippen LogP contribution in [-0.2, 0) is 17.5 Å². The molecule has 2 aromatic carbocycles. The van der Waals surface area contributed by atoms with Gasteiger partial charge in [0.25, 0.3) is 0 Å². The van der Waals surface area contributed by atoms with Crippen molar-refractivity contribution in [3.63, 3.8) is 0 Å². The first-order valence-electron chi connectivity index (χ1n) is 7.96. The van der Waals surface area contributed by atoms with Crippen molar-refractivity contribution in [1.29, 1.82) is 0 Å². The third-order valence-corrected chi connectivity index (χ3v) is 3.77. The van der Waals surface area contributed by atoms with Gasteiger partial charge in [-0.15, -0.1) is 0 Å². The van der Waals surface area contributed by atoms with Crippen LogP contribution >= 0.6 is 0 Å². The van der Waals surface area contributed by atoms with E-state index in [9.17, 15) is 28.2 Å². The highest BCUT2D eigenvalue weighted by Gasteiger charge is 2.32. The number of carbonyl (C=O) groups is 1. The Morgan fingerprint density at radius 1 is 1.15 bits per heavy atom.